The van der Waals surface area contributed by atoms with Crippen LogP contribution in [0.4, 0.5) is 5.95 Å². The quantitative estimate of drug-likeness (QED) is 0.833. The van der Waals surface area contributed by atoms with Gasteiger partial charge < -0.3 is 10.6 Å². The minimum absolute atomic E-state index is 0.153. The fourth-order valence-electron chi connectivity index (χ4n) is 2.11. The van der Waals surface area contributed by atoms with Crippen LogP contribution >= 0.6 is 0 Å². The lowest BCUT2D eigenvalue weighted by Gasteiger charge is -2.16. The molecule has 4 nitrogen and oxygen atoms in total. The third kappa shape index (κ3) is 2.70. The van der Waals surface area contributed by atoms with Gasteiger partial charge in [0.1, 0.15) is 0 Å². The van der Waals surface area contributed by atoms with Crippen LogP contribution in [0, 0.1) is 6.92 Å². The van der Waals surface area contributed by atoms with Gasteiger partial charge in [-0.2, -0.15) is 0 Å². The van der Waals surface area contributed by atoms with Crippen LogP contribution in [0.5, 0.6) is 0 Å². The number of rotatable bonds is 3. The molecule has 2 N–H and O–H groups in total. The zero-order valence-electron chi connectivity index (χ0n) is 10.1. The molecule has 0 spiro atoms. The van der Waals surface area contributed by atoms with Crippen molar-refractivity contribution in [2.75, 3.05) is 18.0 Å². The molecule has 88 valence electrons. The molecule has 2 rings (SSSR count). The SMILES string of the molecule is Cc1cc(CC(C)N)nc(N2CCCC2)n1. The van der Waals surface area contributed by atoms with Crippen molar-refractivity contribution in [1.29, 1.82) is 0 Å². The molecule has 4 heteroatoms. The van der Waals surface area contributed by atoms with E-state index in [2.05, 4.69) is 14.9 Å². The van der Waals surface area contributed by atoms with Crippen molar-refractivity contribution in [3.8, 4) is 0 Å². The zero-order chi connectivity index (χ0) is 11.5. The topological polar surface area (TPSA) is 55.0 Å². The van der Waals surface area contributed by atoms with E-state index in [0.717, 1.165) is 36.8 Å². The summed E-state index contributed by atoms with van der Waals surface area (Å²) in [5, 5.41) is 0. The maximum Gasteiger partial charge on any atom is 0.225 e. The molecule has 1 unspecified atom stereocenters. The van der Waals surface area contributed by atoms with E-state index in [9.17, 15) is 0 Å². The van der Waals surface area contributed by atoms with Gasteiger partial charge in [-0.3, -0.25) is 0 Å². The summed E-state index contributed by atoms with van der Waals surface area (Å²) >= 11 is 0. The van der Waals surface area contributed by atoms with E-state index >= 15 is 0 Å². The van der Waals surface area contributed by atoms with Gasteiger partial charge in [-0.25, -0.2) is 9.97 Å². The van der Waals surface area contributed by atoms with E-state index < -0.39 is 0 Å². The summed E-state index contributed by atoms with van der Waals surface area (Å²) < 4.78 is 0. The highest BCUT2D eigenvalue weighted by atomic mass is 15.3. The Bertz CT molecular complexity index is 356. The molecular formula is C12H20N4. The predicted octanol–water partition coefficient (Wildman–Crippen LogP) is 1.27. The highest BCUT2D eigenvalue weighted by Crippen LogP contribution is 2.17. The van der Waals surface area contributed by atoms with Gasteiger partial charge in [-0.05, 0) is 32.8 Å². The van der Waals surface area contributed by atoms with E-state index in [-0.39, 0.29) is 6.04 Å². The van der Waals surface area contributed by atoms with Gasteiger partial charge in [0.2, 0.25) is 5.95 Å². The lowest BCUT2D eigenvalue weighted by Crippen LogP contribution is -2.23. The molecule has 16 heavy (non-hydrogen) atoms. The van der Waals surface area contributed by atoms with Crippen LogP contribution in [0.15, 0.2) is 6.07 Å². The van der Waals surface area contributed by atoms with Crippen molar-refractivity contribution in [1.82, 2.24) is 9.97 Å². The molecule has 1 saturated heterocycles. The van der Waals surface area contributed by atoms with E-state index in [4.69, 9.17) is 5.73 Å². The van der Waals surface area contributed by atoms with Gasteiger partial charge in [0.05, 0.1) is 0 Å². The van der Waals surface area contributed by atoms with Crippen molar-refractivity contribution in [3.63, 3.8) is 0 Å². The number of hydrogen-bond donors (Lipinski definition) is 1. The Hall–Kier alpha value is -1.16. The first-order valence-electron chi connectivity index (χ1n) is 6.00. The number of nitrogens with zero attached hydrogens (tertiary/aromatic N) is 3. The first kappa shape index (κ1) is 11.3. The first-order valence-corrected chi connectivity index (χ1v) is 6.00. The van der Waals surface area contributed by atoms with Gasteiger partial charge in [-0.1, -0.05) is 0 Å². The Morgan fingerprint density at radius 3 is 2.69 bits per heavy atom. The van der Waals surface area contributed by atoms with E-state index in [1.807, 2.05) is 19.9 Å². The van der Waals surface area contributed by atoms with E-state index in [1.165, 1.54) is 12.8 Å². The summed E-state index contributed by atoms with van der Waals surface area (Å²) in [6.07, 6.45) is 3.32. The highest BCUT2D eigenvalue weighted by molar-refractivity contribution is 5.33. The minimum atomic E-state index is 0.153. The summed E-state index contributed by atoms with van der Waals surface area (Å²) in [5.41, 5.74) is 7.90. The van der Waals surface area contributed by atoms with Gasteiger partial charge in [0, 0.05) is 36.9 Å². The summed E-state index contributed by atoms with van der Waals surface area (Å²) in [5.74, 6) is 0.883. The highest BCUT2D eigenvalue weighted by Gasteiger charge is 2.16. The molecule has 0 bridgehead atoms. The smallest absolute Gasteiger partial charge is 0.225 e. The maximum atomic E-state index is 5.80. The Morgan fingerprint density at radius 2 is 2.06 bits per heavy atom. The van der Waals surface area contributed by atoms with Crippen LogP contribution < -0.4 is 10.6 Å². The third-order valence-corrected chi connectivity index (χ3v) is 2.82. The molecule has 0 amide bonds. The van der Waals surface area contributed by atoms with Crippen LogP contribution in [0.3, 0.4) is 0 Å². The van der Waals surface area contributed by atoms with Gasteiger partial charge in [0.25, 0.3) is 0 Å². The number of aryl methyl sites for hydroxylation is 1. The average Bonchev–Trinajstić information content (AvgIpc) is 2.67. The molecule has 0 aromatic carbocycles. The largest absolute Gasteiger partial charge is 0.341 e. The summed E-state index contributed by atoms with van der Waals surface area (Å²) in [6, 6.07) is 2.18. The molecule has 0 radical (unpaired) electrons. The van der Waals surface area contributed by atoms with Crippen molar-refractivity contribution >= 4 is 5.95 Å². The second kappa shape index (κ2) is 4.78. The van der Waals surface area contributed by atoms with E-state index in [0.29, 0.717) is 0 Å². The summed E-state index contributed by atoms with van der Waals surface area (Å²) in [6.45, 7) is 6.20. The van der Waals surface area contributed by atoms with Crippen LogP contribution in [0.25, 0.3) is 0 Å². The second-order valence-corrected chi connectivity index (χ2v) is 4.68. The third-order valence-electron chi connectivity index (χ3n) is 2.82. The molecule has 1 fully saturated rings. The summed E-state index contributed by atoms with van der Waals surface area (Å²) in [7, 11) is 0. The molecule has 1 aliphatic heterocycles. The lowest BCUT2D eigenvalue weighted by molar-refractivity contribution is 0.715. The zero-order valence-corrected chi connectivity index (χ0v) is 10.1. The fourth-order valence-corrected chi connectivity index (χ4v) is 2.11. The number of anilines is 1. The standard InChI is InChI=1S/C12H20N4/c1-9(13)7-11-8-10(2)14-12(15-11)16-5-3-4-6-16/h8-9H,3-7,13H2,1-2H3. The van der Waals surface area contributed by atoms with Crippen LogP contribution in [-0.4, -0.2) is 29.1 Å². The van der Waals surface area contributed by atoms with E-state index in [1.54, 1.807) is 0 Å². The Morgan fingerprint density at radius 1 is 1.38 bits per heavy atom. The molecular weight excluding hydrogens is 200 g/mol. The van der Waals surface area contributed by atoms with Crippen molar-refractivity contribution < 1.29 is 0 Å². The number of nitrogens with two attached hydrogens (primary N) is 1. The molecule has 2 heterocycles. The molecule has 1 aromatic rings. The fraction of sp³-hybridized carbons (Fsp3) is 0.667. The van der Waals surface area contributed by atoms with Crippen molar-refractivity contribution in [2.24, 2.45) is 5.73 Å². The van der Waals surface area contributed by atoms with Gasteiger partial charge in [-0.15, -0.1) is 0 Å². The first-order chi connectivity index (χ1) is 7.65. The Balaban J connectivity index is 2.20. The van der Waals surface area contributed by atoms with Gasteiger partial charge in [0.15, 0.2) is 0 Å². The molecule has 1 aromatic heterocycles. The Labute approximate surface area is 96.9 Å². The average molecular weight is 220 g/mol. The number of aromatic nitrogens is 2. The second-order valence-electron chi connectivity index (χ2n) is 4.68. The molecule has 0 saturated carbocycles. The Kier molecular flexibility index (Phi) is 3.39. The summed E-state index contributed by atoms with van der Waals surface area (Å²) in [4.78, 5) is 11.3. The van der Waals surface area contributed by atoms with Crippen LogP contribution in [0.2, 0.25) is 0 Å². The van der Waals surface area contributed by atoms with Gasteiger partial charge >= 0.3 is 0 Å². The van der Waals surface area contributed by atoms with Crippen molar-refractivity contribution in [2.45, 2.75) is 39.2 Å². The normalized spacial score (nSPS) is 17.8. The van der Waals surface area contributed by atoms with Crippen LogP contribution in [-0.2, 0) is 6.42 Å². The maximum absolute atomic E-state index is 5.80. The molecule has 1 atom stereocenters. The monoisotopic (exact) mass is 220 g/mol. The predicted molar refractivity (Wildman–Crippen MR) is 65.6 cm³/mol. The number of hydrogen-bond acceptors (Lipinski definition) is 4. The van der Waals surface area contributed by atoms with Crippen LogP contribution in [0.1, 0.15) is 31.2 Å². The molecule has 0 aliphatic carbocycles. The lowest BCUT2D eigenvalue weighted by atomic mass is 10.2. The van der Waals surface area contributed by atoms with Crippen molar-refractivity contribution in [3.05, 3.63) is 17.5 Å². The molecule has 1 aliphatic rings. The minimum Gasteiger partial charge on any atom is -0.341 e.